The van der Waals surface area contributed by atoms with Crippen LogP contribution in [0.1, 0.15) is 57.3 Å². The highest BCUT2D eigenvalue weighted by Crippen LogP contribution is 2.45. The summed E-state index contributed by atoms with van der Waals surface area (Å²) in [6, 6.07) is 11.5. The third kappa shape index (κ3) is 6.79. The average Bonchev–Trinajstić information content (AvgIpc) is 3.03. The number of carboxylic acids is 1. The van der Waals surface area contributed by atoms with Crippen LogP contribution in [0.5, 0.6) is 11.5 Å². The molecular formula is C30H39ClN2O6. The fraction of sp³-hybridized carbons (Fsp3) is 0.533. The molecule has 2 atom stereocenters. The van der Waals surface area contributed by atoms with Gasteiger partial charge in [-0.2, -0.15) is 0 Å². The Bertz CT molecular complexity index is 1190. The van der Waals surface area contributed by atoms with E-state index in [2.05, 4.69) is 25.7 Å². The number of piperidine rings is 1. The largest absolute Gasteiger partial charge is 0.493 e. The summed E-state index contributed by atoms with van der Waals surface area (Å²) in [6.07, 6.45) is 0.142. The van der Waals surface area contributed by atoms with Crippen LogP contribution in [0.15, 0.2) is 36.4 Å². The number of rotatable bonds is 7. The summed E-state index contributed by atoms with van der Waals surface area (Å²) in [5.41, 5.74) is 2.67. The summed E-state index contributed by atoms with van der Waals surface area (Å²) >= 11 is 6.52. The summed E-state index contributed by atoms with van der Waals surface area (Å²) in [6.45, 7) is 8.71. The first-order chi connectivity index (χ1) is 18.5. The molecule has 0 spiro atoms. The predicted octanol–water partition coefficient (Wildman–Crippen LogP) is 5.41. The highest BCUT2D eigenvalue weighted by atomic mass is 35.5. The average molecular weight is 559 g/mol. The van der Waals surface area contributed by atoms with Gasteiger partial charge in [-0.25, -0.2) is 0 Å². The van der Waals surface area contributed by atoms with E-state index in [-0.39, 0.29) is 17.7 Å². The number of methoxy groups -OCH3 is 2. The number of fused-ring (bicyclic) bond motifs is 1. The molecular weight excluding hydrogens is 520 g/mol. The van der Waals surface area contributed by atoms with Crippen molar-refractivity contribution in [2.75, 3.05) is 45.3 Å². The molecule has 0 radical (unpaired) electrons. The zero-order valence-electron chi connectivity index (χ0n) is 23.4. The number of nitrogens with zero attached hydrogens (tertiary/aromatic N) is 2. The van der Waals surface area contributed by atoms with E-state index in [1.807, 2.05) is 36.4 Å². The van der Waals surface area contributed by atoms with Crippen molar-refractivity contribution in [2.45, 2.75) is 52.2 Å². The number of hydrogen-bond acceptors (Lipinski definition) is 6. The van der Waals surface area contributed by atoms with Crippen molar-refractivity contribution >= 4 is 29.2 Å². The Morgan fingerprint density at radius 2 is 1.79 bits per heavy atom. The molecule has 9 heteroatoms. The molecule has 2 aromatic rings. The lowest BCUT2D eigenvalue weighted by atomic mass is 9.94. The van der Waals surface area contributed by atoms with Gasteiger partial charge in [0, 0.05) is 48.0 Å². The molecule has 2 aliphatic heterocycles. The summed E-state index contributed by atoms with van der Waals surface area (Å²) < 4.78 is 18.2. The fourth-order valence-electron chi connectivity index (χ4n) is 5.57. The van der Waals surface area contributed by atoms with Crippen LogP contribution in [-0.4, -0.2) is 68.4 Å². The lowest BCUT2D eigenvalue weighted by Gasteiger charge is -2.34. The fourth-order valence-corrected chi connectivity index (χ4v) is 5.75. The van der Waals surface area contributed by atoms with Crippen molar-refractivity contribution in [1.29, 1.82) is 0 Å². The Kier molecular flexibility index (Phi) is 8.96. The van der Waals surface area contributed by atoms with Crippen molar-refractivity contribution in [3.8, 4) is 11.5 Å². The molecule has 1 fully saturated rings. The van der Waals surface area contributed by atoms with Gasteiger partial charge in [-0.1, -0.05) is 44.5 Å². The SMILES string of the molecule is COc1cccc(C2OC(CC(=O)N3CCC(C(=O)O)CC3)CN(CC(C)(C)C)c3ccc(Cl)cc32)c1OC. The molecule has 1 saturated heterocycles. The Labute approximate surface area is 235 Å². The van der Waals surface area contributed by atoms with Crippen LogP contribution in [0.3, 0.4) is 0 Å². The minimum absolute atomic E-state index is 0.0162. The smallest absolute Gasteiger partial charge is 0.306 e. The third-order valence-electron chi connectivity index (χ3n) is 7.35. The lowest BCUT2D eigenvalue weighted by Crippen LogP contribution is -2.44. The van der Waals surface area contributed by atoms with Crippen molar-refractivity contribution in [3.05, 3.63) is 52.5 Å². The van der Waals surface area contributed by atoms with Gasteiger partial charge < -0.3 is 29.1 Å². The van der Waals surface area contributed by atoms with Crippen LogP contribution in [0.4, 0.5) is 5.69 Å². The number of halogens is 1. The van der Waals surface area contributed by atoms with E-state index in [9.17, 15) is 14.7 Å². The molecule has 0 saturated carbocycles. The topological polar surface area (TPSA) is 88.5 Å². The molecule has 2 unspecified atom stereocenters. The first kappa shape index (κ1) is 29.0. The second kappa shape index (κ2) is 12.0. The maximum atomic E-state index is 13.5. The molecule has 2 heterocycles. The Morgan fingerprint density at radius 1 is 1.08 bits per heavy atom. The second-order valence-electron chi connectivity index (χ2n) is 11.6. The van der Waals surface area contributed by atoms with E-state index >= 15 is 0 Å². The van der Waals surface area contributed by atoms with E-state index in [1.54, 1.807) is 19.1 Å². The summed E-state index contributed by atoms with van der Waals surface area (Å²) in [4.78, 5) is 28.9. The first-order valence-electron chi connectivity index (χ1n) is 13.4. The van der Waals surface area contributed by atoms with Gasteiger partial charge in [-0.15, -0.1) is 0 Å². The molecule has 39 heavy (non-hydrogen) atoms. The minimum Gasteiger partial charge on any atom is -0.493 e. The van der Waals surface area contributed by atoms with Gasteiger partial charge in [0.2, 0.25) is 5.91 Å². The zero-order chi connectivity index (χ0) is 28.3. The summed E-state index contributed by atoms with van der Waals surface area (Å²) in [7, 11) is 3.20. The van der Waals surface area contributed by atoms with E-state index in [0.717, 1.165) is 23.4 Å². The quantitative estimate of drug-likeness (QED) is 0.486. The predicted molar refractivity (Wildman–Crippen MR) is 151 cm³/mol. The second-order valence-corrected chi connectivity index (χ2v) is 12.0. The maximum absolute atomic E-state index is 13.5. The molecule has 1 amide bonds. The van der Waals surface area contributed by atoms with Crippen LogP contribution >= 0.6 is 11.6 Å². The number of benzene rings is 2. The molecule has 1 N–H and O–H groups in total. The van der Waals surface area contributed by atoms with Gasteiger partial charge in [-0.3, -0.25) is 9.59 Å². The van der Waals surface area contributed by atoms with E-state index in [4.69, 9.17) is 25.8 Å². The number of hydrogen-bond donors (Lipinski definition) is 1. The highest BCUT2D eigenvalue weighted by molar-refractivity contribution is 6.30. The lowest BCUT2D eigenvalue weighted by molar-refractivity contribution is -0.146. The number of amides is 1. The molecule has 0 aliphatic carbocycles. The molecule has 212 valence electrons. The molecule has 2 aliphatic rings. The van der Waals surface area contributed by atoms with Gasteiger partial charge >= 0.3 is 5.97 Å². The number of para-hydroxylation sites is 1. The van der Waals surface area contributed by atoms with Gasteiger partial charge in [-0.05, 0) is 42.5 Å². The number of anilines is 1. The Morgan fingerprint density at radius 3 is 2.41 bits per heavy atom. The van der Waals surface area contributed by atoms with Gasteiger partial charge in [0.1, 0.15) is 6.10 Å². The molecule has 2 aromatic carbocycles. The van der Waals surface area contributed by atoms with Crippen molar-refractivity contribution in [3.63, 3.8) is 0 Å². The number of carbonyl (C=O) groups excluding carboxylic acids is 1. The van der Waals surface area contributed by atoms with Crippen LogP contribution < -0.4 is 14.4 Å². The number of carboxylic acid groups (broad SMARTS) is 1. The standard InChI is InChI=1S/C30H39ClN2O6/c1-30(2,3)18-33-17-21(16-26(34)32-13-11-19(12-14-32)29(35)36)39-27(23-15-20(31)9-10-24(23)33)22-7-6-8-25(37-4)28(22)38-5/h6-10,15,19,21,27H,11-14,16-18H2,1-5H3,(H,35,36). The molecule has 4 rings (SSSR count). The molecule has 0 bridgehead atoms. The third-order valence-corrected chi connectivity index (χ3v) is 7.58. The first-order valence-corrected chi connectivity index (χ1v) is 13.8. The van der Waals surface area contributed by atoms with E-state index in [1.165, 1.54) is 0 Å². The van der Waals surface area contributed by atoms with Crippen LogP contribution in [0.25, 0.3) is 0 Å². The normalized spacial score (nSPS) is 20.3. The monoisotopic (exact) mass is 558 g/mol. The number of ether oxygens (including phenoxy) is 3. The van der Waals surface area contributed by atoms with Crippen LogP contribution in [0, 0.1) is 11.3 Å². The van der Waals surface area contributed by atoms with Crippen LogP contribution in [0.2, 0.25) is 5.02 Å². The van der Waals surface area contributed by atoms with E-state index in [0.29, 0.717) is 49.0 Å². The minimum atomic E-state index is -0.793. The molecule has 8 nitrogen and oxygen atoms in total. The number of carbonyl (C=O) groups is 2. The van der Waals surface area contributed by atoms with E-state index < -0.39 is 24.1 Å². The van der Waals surface area contributed by atoms with Gasteiger partial charge in [0.05, 0.1) is 32.7 Å². The van der Waals surface area contributed by atoms with Gasteiger partial charge in [0.25, 0.3) is 0 Å². The number of likely N-dealkylation sites (tertiary alicyclic amines) is 1. The van der Waals surface area contributed by atoms with Gasteiger partial charge in [0.15, 0.2) is 11.5 Å². The number of aliphatic carboxylic acids is 1. The zero-order valence-corrected chi connectivity index (χ0v) is 24.2. The van der Waals surface area contributed by atoms with Crippen molar-refractivity contribution in [1.82, 2.24) is 4.90 Å². The molecule has 0 aromatic heterocycles. The Hall–Kier alpha value is -2.97. The maximum Gasteiger partial charge on any atom is 0.306 e. The van der Waals surface area contributed by atoms with Crippen molar-refractivity contribution in [2.24, 2.45) is 11.3 Å². The highest BCUT2D eigenvalue weighted by Gasteiger charge is 2.36. The Balaban J connectivity index is 1.72. The van der Waals surface area contributed by atoms with Crippen LogP contribution in [-0.2, 0) is 14.3 Å². The summed E-state index contributed by atoms with van der Waals surface area (Å²) in [5.74, 6) is -0.0547. The van der Waals surface area contributed by atoms with Crippen molar-refractivity contribution < 1.29 is 28.9 Å². The summed E-state index contributed by atoms with van der Waals surface area (Å²) in [5, 5.41) is 9.94.